The van der Waals surface area contributed by atoms with E-state index in [2.05, 4.69) is 0 Å². The molecule has 5 atom stereocenters. The Morgan fingerprint density at radius 2 is 1.64 bits per heavy atom. The first-order valence-corrected chi connectivity index (χ1v) is 9.06. The van der Waals surface area contributed by atoms with Gasteiger partial charge in [-0.25, -0.2) is 0 Å². The summed E-state index contributed by atoms with van der Waals surface area (Å²) in [6, 6.07) is 10.1. The van der Waals surface area contributed by atoms with Crippen molar-refractivity contribution >= 4 is 0 Å². The van der Waals surface area contributed by atoms with E-state index < -0.39 is 30.7 Å². The molecule has 0 aromatic heterocycles. The van der Waals surface area contributed by atoms with Gasteiger partial charge < -0.3 is 29.5 Å². The largest absolute Gasteiger partial charge is 0.388 e. The van der Waals surface area contributed by atoms with Gasteiger partial charge >= 0.3 is 0 Å². The van der Waals surface area contributed by atoms with Crippen LogP contribution in [0.25, 0.3) is 0 Å². The van der Waals surface area contributed by atoms with Crippen LogP contribution in [0.2, 0.25) is 0 Å². The summed E-state index contributed by atoms with van der Waals surface area (Å²) in [6.07, 6.45) is -1.72. The molecule has 0 bridgehead atoms. The van der Waals surface area contributed by atoms with Gasteiger partial charge in [-0.1, -0.05) is 37.3 Å². The van der Waals surface area contributed by atoms with Gasteiger partial charge in [0.15, 0.2) is 6.29 Å². The lowest BCUT2D eigenvalue weighted by molar-refractivity contribution is -0.297. The van der Waals surface area contributed by atoms with Gasteiger partial charge in [-0.05, 0) is 31.2 Å². The van der Waals surface area contributed by atoms with Crippen molar-refractivity contribution in [2.24, 2.45) is 0 Å². The molecular formula is C19H30O6. The van der Waals surface area contributed by atoms with Crippen LogP contribution in [0.4, 0.5) is 0 Å². The van der Waals surface area contributed by atoms with Gasteiger partial charge in [0.05, 0.1) is 12.7 Å². The summed E-state index contributed by atoms with van der Waals surface area (Å²) in [5.74, 6) is 0. The fourth-order valence-corrected chi connectivity index (χ4v) is 2.84. The summed E-state index contributed by atoms with van der Waals surface area (Å²) in [4.78, 5) is 0. The van der Waals surface area contributed by atoms with Gasteiger partial charge in [0.2, 0.25) is 0 Å². The molecule has 1 aromatic rings. The maximum atomic E-state index is 9.92. The average Bonchev–Trinajstić information content (AvgIpc) is 2.64. The molecule has 0 radical (unpaired) electrons. The molecule has 6 nitrogen and oxygen atoms in total. The lowest BCUT2D eigenvalue weighted by atomic mass is 9.97. The number of rotatable bonds is 10. The van der Waals surface area contributed by atoms with E-state index in [1.807, 2.05) is 37.3 Å². The van der Waals surface area contributed by atoms with E-state index in [1.54, 1.807) is 0 Å². The fourth-order valence-electron chi connectivity index (χ4n) is 2.84. The summed E-state index contributed by atoms with van der Waals surface area (Å²) >= 11 is 0. The maximum absolute atomic E-state index is 9.92. The Hall–Kier alpha value is -1.02. The fraction of sp³-hybridized carbons (Fsp3) is 0.684. The molecule has 1 aromatic carbocycles. The smallest absolute Gasteiger partial charge is 0.186 e. The molecule has 2 rings (SSSR count). The van der Waals surface area contributed by atoms with Gasteiger partial charge in [0.1, 0.15) is 18.3 Å². The van der Waals surface area contributed by atoms with E-state index >= 15 is 0 Å². The first kappa shape index (κ1) is 20.3. The minimum Gasteiger partial charge on any atom is -0.388 e. The van der Waals surface area contributed by atoms with E-state index in [4.69, 9.17) is 14.2 Å². The third-order valence-electron chi connectivity index (χ3n) is 4.40. The van der Waals surface area contributed by atoms with Crippen molar-refractivity contribution in [3.8, 4) is 0 Å². The number of aliphatic hydroxyl groups excluding tert-OH is 3. The monoisotopic (exact) mass is 354 g/mol. The van der Waals surface area contributed by atoms with Crippen molar-refractivity contribution < 1.29 is 29.5 Å². The molecule has 6 heteroatoms. The molecule has 0 spiro atoms. The molecule has 0 aliphatic carbocycles. The molecule has 25 heavy (non-hydrogen) atoms. The second-order valence-electron chi connectivity index (χ2n) is 6.39. The van der Waals surface area contributed by atoms with Gasteiger partial charge in [-0.2, -0.15) is 0 Å². The van der Waals surface area contributed by atoms with Crippen molar-refractivity contribution in [2.45, 2.75) is 69.9 Å². The Kier molecular flexibility index (Phi) is 8.81. The topological polar surface area (TPSA) is 88.4 Å². The summed E-state index contributed by atoms with van der Waals surface area (Å²) in [7, 11) is 0. The molecule has 1 aliphatic heterocycles. The normalized spacial score (nSPS) is 29.7. The third-order valence-corrected chi connectivity index (χ3v) is 4.40. The van der Waals surface area contributed by atoms with Crippen molar-refractivity contribution in [3.05, 3.63) is 35.9 Å². The molecule has 3 N–H and O–H groups in total. The highest BCUT2D eigenvalue weighted by atomic mass is 16.7. The number of ether oxygens (including phenoxy) is 3. The third kappa shape index (κ3) is 6.33. The Morgan fingerprint density at radius 3 is 2.36 bits per heavy atom. The second-order valence-corrected chi connectivity index (χ2v) is 6.39. The van der Waals surface area contributed by atoms with Crippen LogP contribution in [0.15, 0.2) is 30.3 Å². The molecule has 1 fully saturated rings. The van der Waals surface area contributed by atoms with Crippen LogP contribution < -0.4 is 0 Å². The molecule has 1 aliphatic rings. The quantitative estimate of drug-likeness (QED) is 0.553. The average molecular weight is 354 g/mol. The van der Waals surface area contributed by atoms with Crippen molar-refractivity contribution in [2.75, 3.05) is 13.2 Å². The number of hydrogen-bond donors (Lipinski definition) is 3. The highest BCUT2D eigenvalue weighted by molar-refractivity contribution is 5.13. The lowest BCUT2D eigenvalue weighted by Crippen LogP contribution is -2.58. The van der Waals surface area contributed by atoms with E-state index in [0.717, 1.165) is 19.3 Å². The highest BCUT2D eigenvalue weighted by Crippen LogP contribution is 2.24. The van der Waals surface area contributed by atoms with Crippen molar-refractivity contribution in [3.63, 3.8) is 0 Å². The second kappa shape index (κ2) is 10.9. The summed E-state index contributed by atoms with van der Waals surface area (Å²) in [5, 5.41) is 29.6. The zero-order valence-corrected chi connectivity index (χ0v) is 14.8. The summed E-state index contributed by atoms with van der Waals surface area (Å²) in [5.41, 5.74) is 1.17. The van der Waals surface area contributed by atoms with Crippen molar-refractivity contribution in [1.29, 1.82) is 0 Å². The van der Waals surface area contributed by atoms with Crippen LogP contribution in [0.3, 0.4) is 0 Å². The van der Waals surface area contributed by atoms with Crippen LogP contribution in [0.1, 0.15) is 38.2 Å². The Morgan fingerprint density at radius 1 is 0.920 bits per heavy atom. The first-order valence-electron chi connectivity index (χ1n) is 9.06. The number of benzene rings is 1. The maximum Gasteiger partial charge on any atom is 0.186 e. The minimum atomic E-state index is -1.24. The van der Waals surface area contributed by atoms with E-state index in [0.29, 0.717) is 26.2 Å². The van der Waals surface area contributed by atoms with Crippen LogP contribution in [-0.4, -0.2) is 59.2 Å². The van der Waals surface area contributed by atoms with Crippen LogP contribution >= 0.6 is 0 Å². The van der Waals surface area contributed by atoms with Gasteiger partial charge in [0, 0.05) is 13.2 Å². The standard InChI is InChI=1S/C19H30O6/c1-2-15-16(20)17(21)18(22)19(25-15)24-12-8-4-7-11-23-13-14-9-5-3-6-10-14/h3,5-6,9-10,15-22H,2,4,7-8,11-13H2,1H3. The number of aliphatic hydroxyl groups is 3. The molecule has 0 saturated carbocycles. The Balaban J connectivity index is 1.53. The predicted octanol–water partition coefficient (Wildman–Crippen LogP) is 1.61. The summed E-state index contributed by atoms with van der Waals surface area (Å²) < 4.78 is 16.7. The van der Waals surface area contributed by atoms with E-state index in [-0.39, 0.29) is 0 Å². The number of hydrogen-bond acceptors (Lipinski definition) is 6. The van der Waals surface area contributed by atoms with Gasteiger partial charge in [-0.15, -0.1) is 0 Å². The van der Waals surface area contributed by atoms with Gasteiger partial charge in [-0.3, -0.25) is 0 Å². The Labute approximate surface area is 149 Å². The molecule has 5 unspecified atom stereocenters. The zero-order chi connectivity index (χ0) is 18.1. The molecule has 1 heterocycles. The van der Waals surface area contributed by atoms with Crippen LogP contribution in [0, 0.1) is 0 Å². The zero-order valence-electron chi connectivity index (χ0n) is 14.8. The van der Waals surface area contributed by atoms with Crippen LogP contribution in [-0.2, 0) is 20.8 Å². The number of unbranched alkanes of at least 4 members (excludes halogenated alkanes) is 2. The van der Waals surface area contributed by atoms with E-state index in [9.17, 15) is 15.3 Å². The highest BCUT2D eigenvalue weighted by Gasteiger charge is 2.43. The van der Waals surface area contributed by atoms with Crippen molar-refractivity contribution in [1.82, 2.24) is 0 Å². The first-order chi connectivity index (χ1) is 12.1. The lowest BCUT2D eigenvalue weighted by Gasteiger charge is -2.40. The van der Waals surface area contributed by atoms with Crippen LogP contribution in [0.5, 0.6) is 0 Å². The molecule has 0 amide bonds. The summed E-state index contributed by atoms with van der Waals surface area (Å²) in [6.45, 7) is 3.60. The SMILES string of the molecule is CCC1OC(OCCCCCOCc2ccccc2)C(O)C(O)C1O. The Bertz CT molecular complexity index is 466. The minimum absolute atomic E-state index is 0.430. The van der Waals surface area contributed by atoms with E-state index in [1.165, 1.54) is 5.56 Å². The molecular weight excluding hydrogens is 324 g/mol. The van der Waals surface area contributed by atoms with Gasteiger partial charge in [0.25, 0.3) is 0 Å². The molecule has 1 saturated heterocycles. The predicted molar refractivity (Wildman–Crippen MR) is 92.9 cm³/mol. The molecule has 142 valence electrons.